The smallest absolute Gasteiger partial charge is 0.245 e. The number of halogens is 1. The Morgan fingerprint density at radius 2 is 1.72 bits per heavy atom. The van der Waals surface area contributed by atoms with E-state index in [4.69, 9.17) is 9.37 Å². The molecule has 0 aliphatic carbocycles. The molecule has 1 aromatic carbocycles. The first-order valence-corrected chi connectivity index (χ1v) is 9.71. The number of likely N-dealkylation sites (tertiary alicyclic amines) is 1. The standard InChI is InChI=1S/C19H24FN7O2/c1-28-11-8-21-16-17(24-19-18(23-16)25-29-26-19)22-12-15(27-9-2-3-10-27)13-4-6-14(20)7-5-13/h4-7,15H,2-3,8-12H2,1H3,(H,21,23,25)(H,22,24,26)/t15-/m1/s1. The SMILES string of the molecule is COCCNc1nc2nonc2nc1NC[C@H](c1ccc(F)cc1)N1CCCC1. The number of aromatic nitrogens is 4. The minimum absolute atomic E-state index is 0.0952. The predicted octanol–water partition coefficient (Wildman–Crippen LogP) is 2.46. The zero-order valence-electron chi connectivity index (χ0n) is 16.3. The fourth-order valence-electron chi connectivity index (χ4n) is 3.55. The van der Waals surface area contributed by atoms with Crippen LogP contribution in [0.1, 0.15) is 24.4 Å². The van der Waals surface area contributed by atoms with Crippen LogP contribution in [0.2, 0.25) is 0 Å². The molecule has 1 fully saturated rings. The highest BCUT2D eigenvalue weighted by molar-refractivity contribution is 5.73. The molecule has 10 heteroatoms. The van der Waals surface area contributed by atoms with Gasteiger partial charge >= 0.3 is 0 Å². The number of anilines is 2. The number of methoxy groups -OCH3 is 1. The summed E-state index contributed by atoms with van der Waals surface area (Å²) in [7, 11) is 1.64. The zero-order chi connectivity index (χ0) is 20.1. The number of fused-ring (bicyclic) bond motifs is 1. The van der Waals surface area contributed by atoms with E-state index in [0.717, 1.165) is 31.5 Å². The van der Waals surface area contributed by atoms with Crippen molar-refractivity contribution in [2.24, 2.45) is 0 Å². The summed E-state index contributed by atoms with van der Waals surface area (Å²) < 4.78 is 23.2. The van der Waals surface area contributed by atoms with E-state index in [2.05, 4.69) is 35.8 Å². The van der Waals surface area contributed by atoms with E-state index in [-0.39, 0.29) is 11.9 Å². The molecule has 1 aliphatic rings. The van der Waals surface area contributed by atoms with Gasteiger partial charge in [0.2, 0.25) is 11.3 Å². The van der Waals surface area contributed by atoms with Gasteiger partial charge in [-0.25, -0.2) is 19.0 Å². The van der Waals surface area contributed by atoms with Crippen LogP contribution in [-0.4, -0.2) is 65.1 Å². The van der Waals surface area contributed by atoms with Gasteiger partial charge < -0.3 is 15.4 Å². The highest BCUT2D eigenvalue weighted by atomic mass is 19.1. The highest BCUT2D eigenvalue weighted by Gasteiger charge is 2.24. The minimum atomic E-state index is -0.235. The molecule has 1 atom stereocenters. The highest BCUT2D eigenvalue weighted by Crippen LogP contribution is 2.27. The van der Waals surface area contributed by atoms with E-state index >= 15 is 0 Å². The van der Waals surface area contributed by atoms with Crippen LogP contribution in [0, 0.1) is 5.82 Å². The first-order chi connectivity index (χ1) is 14.2. The fraction of sp³-hybridized carbons (Fsp3) is 0.474. The van der Waals surface area contributed by atoms with Gasteiger partial charge in [0, 0.05) is 20.2 Å². The third-order valence-corrected chi connectivity index (χ3v) is 5.01. The summed E-state index contributed by atoms with van der Waals surface area (Å²) in [6.07, 6.45) is 2.33. The second-order valence-corrected chi connectivity index (χ2v) is 6.94. The van der Waals surface area contributed by atoms with Crippen LogP contribution >= 0.6 is 0 Å². The molecule has 0 radical (unpaired) electrons. The maximum atomic E-state index is 13.4. The summed E-state index contributed by atoms with van der Waals surface area (Å²) in [6.45, 7) is 3.73. The summed E-state index contributed by atoms with van der Waals surface area (Å²) in [6, 6.07) is 6.78. The molecular formula is C19H24FN7O2. The van der Waals surface area contributed by atoms with Gasteiger partial charge in [0.25, 0.3) is 0 Å². The molecule has 0 saturated carbocycles. The Kier molecular flexibility index (Phi) is 6.11. The van der Waals surface area contributed by atoms with Crippen molar-refractivity contribution >= 4 is 22.9 Å². The summed E-state index contributed by atoms with van der Waals surface area (Å²) in [5.41, 5.74) is 1.74. The van der Waals surface area contributed by atoms with Crippen molar-refractivity contribution in [1.29, 1.82) is 0 Å². The maximum Gasteiger partial charge on any atom is 0.245 e. The van der Waals surface area contributed by atoms with Crippen molar-refractivity contribution in [3.05, 3.63) is 35.6 Å². The van der Waals surface area contributed by atoms with Gasteiger partial charge in [0.05, 0.1) is 12.6 Å². The van der Waals surface area contributed by atoms with Crippen LogP contribution in [0.3, 0.4) is 0 Å². The molecular weight excluding hydrogens is 377 g/mol. The second-order valence-electron chi connectivity index (χ2n) is 6.94. The van der Waals surface area contributed by atoms with Crippen molar-refractivity contribution < 1.29 is 13.8 Å². The van der Waals surface area contributed by atoms with Gasteiger partial charge in [-0.15, -0.1) is 0 Å². The number of nitrogens with one attached hydrogen (secondary N) is 2. The Morgan fingerprint density at radius 3 is 2.38 bits per heavy atom. The summed E-state index contributed by atoms with van der Waals surface area (Å²) in [5, 5.41) is 14.1. The molecule has 1 aliphatic heterocycles. The van der Waals surface area contributed by atoms with E-state index in [1.807, 2.05) is 12.1 Å². The molecule has 9 nitrogen and oxygen atoms in total. The van der Waals surface area contributed by atoms with E-state index in [9.17, 15) is 4.39 Å². The molecule has 154 valence electrons. The number of hydrogen-bond acceptors (Lipinski definition) is 9. The first-order valence-electron chi connectivity index (χ1n) is 9.71. The van der Waals surface area contributed by atoms with Crippen LogP contribution in [0.25, 0.3) is 11.3 Å². The molecule has 0 amide bonds. The molecule has 1 saturated heterocycles. The van der Waals surface area contributed by atoms with Crippen LogP contribution in [-0.2, 0) is 4.74 Å². The monoisotopic (exact) mass is 401 g/mol. The van der Waals surface area contributed by atoms with Gasteiger partial charge in [-0.1, -0.05) is 12.1 Å². The van der Waals surface area contributed by atoms with Crippen molar-refractivity contribution in [2.45, 2.75) is 18.9 Å². The molecule has 2 aromatic heterocycles. The first kappa shape index (κ1) is 19.5. The lowest BCUT2D eigenvalue weighted by Gasteiger charge is -2.28. The van der Waals surface area contributed by atoms with Gasteiger partial charge in [0.1, 0.15) is 5.82 Å². The molecule has 0 unspecified atom stereocenters. The topological polar surface area (TPSA) is 101 Å². The Labute approximate surface area is 167 Å². The Hall–Kier alpha value is -2.85. The van der Waals surface area contributed by atoms with Crippen LogP contribution < -0.4 is 10.6 Å². The molecule has 0 bridgehead atoms. The zero-order valence-corrected chi connectivity index (χ0v) is 16.3. The number of nitrogens with zero attached hydrogens (tertiary/aromatic N) is 5. The number of benzene rings is 1. The van der Waals surface area contributed by atoms with E-state index in [0.29, 0.717) is 42.6 Å². The molecule has 4 rings (SSSR count). The summed E-state index contributed by atoms with van der Waals surface area (Å²) in [4.78, 5) is 11.3. The average Bonchev–Trinajstić information content (AvgIpc) is 3.41. The maximum absolute atomic E-state index is 13.4. The second kappa shape index (κ2) is 9.10. The molecule has 0 spiro atoms. The van der Waals surface area contributed by atoms with Crippen LogP contribution in [0.15, 0.2) is 28.9 Å². The Balaban J connectivity index is 1.56. The van der Waals surface area contributed by atoms with E-state index in [1.165, 1.54) is 12.1 Å². The molecule has 3 heterocycles. The third-order valence-electron chi connectivity index (χ3n) is 5.01. The molecule has 29 heavy (non-hydrogen) atoms. The summed E-state index contributed by atoms with van der Waals surface area (Å²) >= 11 is 0. The lowest BCUT2D eigenvalue weighted by Crippen LogP contribution is -2.31. The van der Waals surface area contributed by atoms with E-state index < -0.39 is 0 Å². The van der Waals surface area contributed by atoms with Gasteiger partial charge in [-0.3, -0.25) is 4.90 Å². The summed E-state index contributed by atoms with van der Waals surface area (Å²) in [5.74, 6) is 0.890. The van der Waals surface area contributed by atoms with Crippen LogP contribution in [0.5, 0.6) is 0 Å². The molecule has 2 N–H and O–H groups in total. The van der Waals surface area contributed by atoms with Gasteiger partial charge in [-0.05, 0) is 53.9 Å². The lowest BCUT2D eigenvalue weighted by molar-refractivity contribution is 0.210. The molecule has 3 aromatic rings. The Bertz CT molecular complexity index is 928. The number of ether oxygens (including phenoxy) is 1. The number of hydrogen-bond donors (Lipinski definition) is 2. The van der Waals surface area contributed by atoms with Crippen molar-refractivity contribution in [1.82, 2.24) is 25.2 Å². The van der Waals surface area contributed by atoms with Crippen molar-refractivity contribution in [3.8, 4) is 0 Å². The predicted molar refractivity (Wildman–Crippen MR) is 106 cm³/mol. The Morgan fingerprint density at radius 1 is 1.07 bits per heavy atom. The lowest BCUT2D eigenvalue weighted by atomic mass is 10.1. The van der Waals surface area contributed by atoms with E-state index in [1.54, 1.807) is 7.11 Å². The normalized spacial score (nSPS) is 15.7. The minimum Gasteiger partial charge on any atom is -0.383 e. The quantitative estimate of drug-likeness (QED) is 0.524. The third kappa shape index (κ3) is 4.60. The van der Waals surface area contributed by atoms with Gasteiger partial charge in [-0.2, -0.15) is 0 Å². The van der Waals surface area contributed by atoms with Gasteiger partial charge in [0.15, 0.2) is 11.6 Å². The fourth-order valence-corrected chi connectivity index (χ4v) is 3.55. The number of rotatable bonds is 9. The van der Waals surface area contributed by atoms with Crippen LogP contribution in [0.4, 0.5) is 16.0 Å². The van der Waals surface area contributed by atoms with Crippen molar-refractivity contribution in [3.63, 3.8) is 0 Å². The average molecular weight is 401 g/mol. The largest absolute Gasteiger partial charge is 0.383 e. The van der Waals surface area contributed by atoms with Crippen molar-refractivity contribution in [2.75, 3.05) is 50.5 Å².